The van der Waals surface area contributed by atoms with E-state index in [2.05, 4.69) is 21.2 Å². The zero-order chi connectivity index (χ0) is 18.4. The van der Waals surface area contributed by atoms with Crippen LogP contribution in [0.3, 0.4) is 0 Å². The summed E-state index contributed by atoms with van der Waals surface area (Å²) in [5.41, 5.74) is 3.41. The third-order valence-electron chi connectivity index (χ3n) is 3.95. The number of hydrogen-bond donors (Lipinski definition) is 1. The third-order valence-corrected chi connectivity index (χ3v) is 4.48. The molecule has 0 fully saturated rings. The van der Waals surface area contributed by atoms with Crippen molar-refractivity contribution in [1.29, 1.82) is 0 Å². The zero-order valence-corrected chi connectivity index (χ0v) is 16.2. The molecule has 1 atom stereocenters. The smallest absolute Gasteiger partial charge is 0.338 e. The number of carbonyl (C=O) groups is 2. The molecule has 2 aromatic carbocycles. The number of aryl methyl sites for hydroxylation is 2. The van der Waals surface area contributed by atoms with Gasteiger partial charge in [-0.1, -0.05) is 52.7 Å². The summed E-state index contributed by atoms with van der Waals surface area (Å²) in [5.74, 6) is -0.794. The van der Waals surface area contributed by atoms with Crippen LogP contribution in [-0.4, -0.2) is 18.5 Å². The van der Waals surface area contributed by atoms with Crippen molar-refractivity contribution in [3.63, 3.8) is 0 Å². The highest BCUT2D eigenvalue weighted by Crippen LogP contribution is 2.19. The van der Waals surface area contributed by atoms with Crippen molar-refractivity contribution in [1.82, 2.24) is 5.32 Å². The third kappa shape index (κ3) is 5.43. The van der Waals surface area contributed by atoms with Gasteiger partial charge in [0.1, 0.15) is 0 Å². The lowest BCUT2D eigenvalue weighted by atomic mass is 10.0. The number of carbonyl (C=O) groups excluding carboxylic acids is 2. The van der Waals surface area contributed by atoms with E-state index in [0.29, 0.717) is 5.56 Å². The number of amides is 1. The van der Waals surface area contributed by atoms with E-state index < -0.39 is 5.97 Å². The normalized spacial score (nSPS) is 11.7. The second-order valence-electron chi connectivity index (χ2n) is 5.97. The number of esters is 1. The largest absolute Gasteiger partial charge is 0.452 e. The summed E-state index contributed by atoms with van der Waals surface area (Å²) in [7, 11) is 0. The first kappa shape index (κ1) is 19.2. The van der Waals surface area contributed by atoms with E-state index in [1.165, 1.54) is 0 Å². The van der Waals surface area contributed by atoms with Crippen molar-refractivity contribution in [3.8, 4) is 0 Å². The molecule has 0 aromatic heterocycles. The predicted molar refractivity (Wildman–Crippen MR) is 102 cm³/mol. The van der Waals surface area contributed by atoms with Crippen LogP contribution in [0.15, 0.2) is 46.9 Å². The van der Waals surface area contributed by atoms with Gasteiger partial charge in [-0.3, -0.25) is 4.79 Å². The van der Waals surface area contributed by atoms with Gasteiger partial charge in [-0.05, 0) is 49.6 Å². The van der Waals surface area contributed by atoms with Gasteiger partial charge in [-0.2, -0.15) is 0 Å². The van der Waals surface area contributed by atoms with Crippen LogP contribution in [0.5, 0.6) is 0 Å². The molecule has 0 aliphatic heterocycles. The molecule has 4 nitrogen and oxygen atoms in total. The van der Waals surface area contributed by atoms with Crippen LogP contribution in [0, 0.1) is 13.8 Å². The Labute approximate surface area is 156 Å². The molecule has 0 radical (unpaired) electrons. The molecule has 0 saturated carbocycles. The van der Waals surface area contributed by atoms with E-state index in [-0.39, 0.29) is 18.6 Å². The lowest BCUT2D eigenvalue weighted by molar-refractivity contribution is -0.125. The van der Waals surface area contributed by atoms with Crippen molar-refractivity contribution in [2.75, 3.05) is 6.61 Å². The van der Waals surface area contributed by atoms with Crippen LogP contribution in [0.4, 0.5) is 0 Å². The highest BCUT2D eigenvalue weighted by molar-refractivity contribution is 9.10. The van der Waals surface area contributed by atoms with Gasteiger partial charge in [-0.15, -0.1) is 0 Å². The molecule has 2 rings (SSSR count). The quantitative estimate of drug-likeness (QED) is 0.722. The Morgan fingerprint density at radius 1 is 1.12 bits per heavy atom. The van der Waals surface area contributed by atoms with Gasteiger partial charge in [0.15, 0.2) is 6.61 Å². The Bertz CT molecular complexity index is 756. The van der Waals surface area contributed by atoms with E-state index in [4.69, 9.17) is 4.74 Å². The summed E-state index contributed by atoms with van der Waals surface area (Å²) in [6.45, 7) is 5.51. The average Bonchev–Trinajstić information content (AvgIpc) is 2.58. The molecule has 0 aliphatic rings. The van der Waals surface area contributed by atoms with E-state index >= 15 is 0 Å². The van der Waals surface area contributed by atoms with E-state index in [1.807, 2.05) is 57.2 Å². The van der Waals surface area contributed by atoms with Crippen LogP contribution >= 0.6 is 15.9 Å². The fourth-order valence-corrected chi connectivity index (χ4v) is 2.87. The number of rotatable bonds is 6. The van der Waals surface area contributed by atoms with Crippen LogP contribution < -0.4 is 5.32 Å². The molecule has 25 heavy (non-hydrogen) atoms. The maximum Gasteiger partial charge on any atom is 0.338 e. The van der Waals surface area contributed by atoms with E-state index in [0.717, 1.165) is 27.6 Å². The van der Waals surface area contributed by atoms with Gasteiger partial charge in [0, 0.05) is 4.47 Å². The maximum atomic E-state index is 12.1. The van der Waals surface area contributed by atoms with Crippen molar-refractivity contribution in [3.05, 3.63) is 69.2 Å². The summed E-state index contributed by atoms with van der Waals surface area (Å²) >= 11 is 3.40. The Morgan fingerprint density at radius 2 is 1.80 bits per heavy atom. The summed E-state index contributed by atoms with van der Waals surface area (Å²) < 4.78 is 6.14. The summed E-state index contributed by atoms with van der Waals surface area (Å²) in [4.78, 5) is 24.3. The summed E-state index contributed by atoms with van der Waals surface area (Å²) in [6.07, 6.45) is 0.748. The van der Waals surface area contributed by atoms with Gasteiger partial charge in [0.2, 0.25) is 0 Å². The van der Waals surface area contributed by atoms with Crippen molar-refractivity contribution in [2.45, 2.75) is 33.2 Å². The maximum absolute atomic E-state index is 12.1. The number of halogens is 1. The molecule has 1 N–H and O–H groups in total. The van der Waals surface area contributed by atoms with Crippen molar-refractivity contribution < 1.29 is 14.3 Å². The Hall–Kier alpha value is -2.14. The topological polar surface area (TPSA) is 55.4 Å². The molecule has 1 amide bonds. The Balaban J connectivity index is 1.92. The lowest BCUT2D eigenvalue weighted by Gasteiger charge is -2.17. The lowest BCUT2D eigenvalue weighted by Crippen LogP contribution is -2.32. The molecular formula is C20H22BrNO3. The van der Waals surface area contributed by atoms with Gasteiger partial charge in [0.25, 0.3) is 5.91 Å². The molecule has 132 valence electrons. The molecule has 0 aliphatic carbocycles. The second-order valence-corrected chi connectivity index (χ2v) is 6.89. The zero-order valence-electron chi connectivity index (χ0n) is 14.6. The van der Waals surface area contributed by atoms with Crippen LogP contribution in [0.2, 0.25) is 0 Å². The molecule has 0 spiro atoms. The summed E-state index contributed by atoms with van der Waals surface area (Å²) in [6, 6.07) is 13.2. The van der Waals surface area contributed by atoms with Crippen LogP contribution in [0.25, 0.3) is 0 Å². The second kappa shape index (κ2) is 8.81. The fourth-order valence-electron chi connectivity index (χ4n) is 2.60. The number of hydrogen-bond acceptors (Lipinski definition) is 3. The van der Waals surface area contributed by atoms with Gasteiger partial charge in [-0.25, -0.2) is 4.79 Å². The highest BCUT2D eigenvalue weighted by Gasteiger charge is 2.16. The number of ether oxygens (including phenoxy) is 1. The van der Waals surface area contributed by atoms with E-state index in [1.54, 1.807) is 6.07 Å². The van der Waals surface area contributed by atoms with Crippen molar-refractivity contribution >= 4 is 27.8 Å². The van der Waals surface area contributed by atoms with Crippen LogP contribution in [-0.2, 0) is 9.53 Å². The first-order chi connectivity index (χ1) is 11.9. The molecule has 0 heterocycles. The average molecular weight is 404 g/mol. The van der Waals surface area contributed by atoms with Gasteiger partial charge < -0.3 is 10.1 Å². The highest BCUT2D eigenvalue weighted by atomic mass is 79.9. The minimum atomic E-state index is -0.482. The molecule has 0 unspecified atom stereocenters. The number of benzene rings is 2. The fraction of sp³-hybridized carbons (Fsp3) is 0.300. The minimum absolute atomic E-state index is 0.111. The first-order valence-electron chi connectivity index (χ1n) is 8.20. The van der Waals surface area contributed by atoms with Gasteiger partial charge >= 0.3 is 5.97 Å². The molecule has 2 aromatic rings. The molecular weight excluding hydrogens is 382 g/mol. The molecule has 0 saturated heterocycles. The van der Waals surface area contributed by atoms with Crippen molar-refractivity contribution in [2.24, 2.45) is 0 Å². The molecule has 5 heteroatoms. The predicted octanol–water partition coefficient (Wildman–Crippen LogP) is 4.49. The van der Waals surface area contributed by atoms with E-state index in [9.17, 15) is 9.59 Å². The first-order valence-corrected chi connectivity index (χ1v) is 8.99. The Kier molecular flexibility index (Phi) is 6.76. The monoisotopic (exact) mass is 403 g/mol. The molecule has 0 bridgehead atoms. The van der Waals surface area contributed by atoms with Crippen LogP contribution in [0.1, 0.15) is 46.4 Å². The van der Waals surface area contributed by atoms with Gasteiger partial charge in [0.05, 0.1) is 11.6 Å². The number of nitrogens with one attached hydrogen (secondary N) is 1. The standard InChI is InChI=1S/C20H22BrNO3/c1-4-18(15-6-8-16(21)9-7-15)22-19(23)12-25-20(24)17-10-5-13(2)11-14(17)3/h5-11,18H,4,12H2,1-3H3,(H,22,23)/t18-/m0/s1. The Morgan fingerprint density at radius 3 is 2.40 bits per heavy atom. The summed E-state index contributed by atoms with van der Waals surface area (Å²) in [5, 5.41) is 2.90. The SMILES string of the molecule is CC[C@H](NC(=O)COC(=O)c1ccc(C)cc1C)c1ccc(Br)cc1. The minimum Gasteiger partial charge on any atom is -0.452 e.